The van der Waals surface area contributed by atoms with Crippen molar-refractivity contribution < 1.29 is 4.42 Å². The number of rotatable bonds is 5. The smallest absolute Gasteiger partial charge is 0.208 e. The van der Waals surface area contributed by atoms with E-state index in [1.165, 1.54) is 4.88 Å². The van der Waals surface area contributed by atoms with Crippen LogP contribution in [0.25, 0.3) is 0 Å². The summed E-state index contributed by atoms with van der Waals surface area (Å²) < 4.78 is 5.43. The molecule has 0 aliphatic carbocycles. The van der Waals surface area contributed by atoms with Crippen molar-refractivity contribution in [3.63, 3.8) is 0 Å². The molecular formula is C12H16N2OS. The van der Waals surface area contributed by atoms with Gasteiger partial charge in [-0.1, -0.05) is 13.0 Å². The molecule has 0 aliphatic rings. The quantitative estimate of drug-likeness (QED) is 0.865. The van der Waals surface area contributed by atoms with Crippen LogP contribution in [0.15, 0.2) is 28.1 Å². The van der Waals surface area contributed by atoms with Crippen molar-refractivity contribution in [1.82, 2.24) is 10.3 Å². The van der Waals surface area contributed by atoms with Gasteiger partial charge < -0.3 is 9.73 Å². The first-order valence-corrected chi connectivity index (χ1v) is 6.35. The lowest BCUT2D eigenvalue weighted by atomic mass is 10.2. The lowest BCUT2D eigenvalue weighted by Gasteiger charge is -2.13. The van der Waals surface area contributed by atoms with Gasteiger partial charge >= 0.3 is 0 Å². The van der Waals surface area contributed by atoms with Gasteiger partial charge in [-0.2, -0.15) is 0 Å². The monoisotopic (exact) mass is 236 g/mol. The first-order valence-electron chi connectivity index (χ1n) is 5.47. The van der Waals surface area contributed by atoms with E-state index in [-0.39, 0.29) is 0 Å². The fourth-order valence-corrected chi connectivity index (χ4v) is 2.52. The van der Waals surface area contributed by atoms with Gasteiger partial charge in [0, 0.05) is 10.9 Å². The zero-order chi connectivity index (χ0) is 11.4. The Morgan fingerprint density at radius 2 is 2.44 bits per heavy atom. The van der Waals surface area contributed by atoms with Gasteiger partial charge in [0.2, 0.25) is 5.89 Å². The van der Waals surface area contributed by atoms with Crippen LogP contribution in [0.3, 0.4) is 0 Å². The van der Waals surface area contributed by atoms with Crippen LogP contribution in [-0.4, -0.2) is 4.98 Å². The highest BCUT2D eigenvalue weighted by Crippen LogP contribution is 2.21. The number of oxazole rings is 1. The van der Waals surface area contributed by atoms with Crippen molar-refractivity contribution in [3.05, 3.63) is 40.2 Å². The topological polar surface area (TPSA) is 38.1 Å². The summed E-state index contributed by atoms with van der Waals surface area (Å²) in [6.45, 7) is 4.77. The number of nitrogens with one attached hydrogen (secondary N) is 1. The third kappa shape index (κ3) is 2.71. The lowest BCUT2D eigenvalue weighted by molar-refractivity contribution is 0.422. The van der Waals surface area contributed by atoms with Crippen LogP contribution in [0, 0.1) is 6.92 Å². The molecular weight excluding hydrogens is 220 g/mol. The summed E-state index contributed by atoms with van der Waals surface area (Å²) in [5.74, 6) is 1.62. The van der Waals surface area contributed by atoms with Crippen LogP contribution in [0.2, 0.25) is 0 Å². The molecule has 0 radical (unpaired) electrons. The summed E-state index contributed by atoms with van der Waals surface area (Å²) in [6.07, 6.45) is 2.82. The molecule has 3 nitrogen and oxygen atoms in total. The Kier molecular flexibility index (Phi) is 3.74. The molecule has 0 saturated carbocycles. The van der Waals surface area contributed by atoms with Crippen molar-refractivity contribution in [1.29, 1.82) is 0 Å². The van der Waals surface area contributed by atoms with E-state index in [1.807, 2.05) is 6.92 Å². The molecule has 0 fully saturated rings. The maximum atomic E-state index is 5.43. The molecule has 2 rings (SSSR count). The number of nitrogens with zero attached hydrogens (tertiary/aromatic N) is 1. The van der Waals surface area contributed by atoms with Crippen LogP contribution in [-0.2, 0) is 6.54 Å². The molecule has 86 valence electrons. The molecule has 0 bridgehead atoms. The predicted octanol–water partition coefficient (Wildman–Crippen LogP) is 3.29. The molecule has 1 atom stereocenters. The first-order chi connectivity index (χ1) is 7.79. The highest BCUT2D eigenvalue weighted by atomic mass is 32.1. The SMILES string of the molecule is CCC(NCc1ncc(C)o1)c1cccs1. The number of thiophene rings is 1. The Labute approximate surface area is 99.5 Å². The zero-order valence-corrected chi connectivity index (χ0v) is 10.4. The molecule has 4 heteroatoms. The molecule has 1 N–H and O–H groups in total. The van der Waals surface area contributed by atoms with Crippen molar-refractivity contribution in [2.75, 3.05) is 0 Å². The van der Waals surface area contributed by atoms with Crippen molar-refractivity contribution in [3.8, 4) is 0 Å². The second-order valence-corrected chi connectivity index (χ2v) is 4.70. The molecule has 0 amide bonds. The molecule has 0 saturated heterocycles. The summed E-state index contributed by atoms with van der Waals surface area (Å²) in [4.78, 5) is 5.54. The van der Waals surface area contributed by atoms with E-state index in [4.69, 9.17) is 4.42 Å². The van der Waals surface area contributed by atoms with Gasteiger partial charge in [-0.3, -0.25) is 0 Å². The molecule has 2 aromatic heterocycles. The fourth-order valence-electron chi connectivity index (χ4n) is 1.63. The van der Waals surface area contributed by atoms with E-state index in [1.54, 1.807) is 17.5 Å². The molecule has 16 heavy (non-hydrogen) atoms. The second kappa shape index (κ2) is 5.27. The van der Waals surface area contributed by atoms with Crippen LogP contribution in [0.5, 0.6) is 0 Å². The average molecular weight is 236 g/mol. The third-order valence-electron chi connectivity index (χ3n) is 2.46. The molecule has 0 aliphatic heterocycles. The van der Waals surface area contributed by atoms with Crippen LogP contribution >= 0.6 is 11.3 Å². The minimum Gasteiger partial charge on any atom is -0.445 e. The predicted molar refractivity (Wildman–Crippen MR) is 65.4 cm³/mol. The highest BCUT2D eigenvalue weighted by molar-refractivity contribution is 7.10. The normalized spacial score (nSPS) is 12.9. The molecule has 0 spiro atoms. The third-order valence-corrected chi connectivity index (χ3v) is 3.45. The Morgan fingerprint density at radius 1 is 1.56 bits per heavy atom. The second-order valence-electron chi connectivity index (χ2n) is 3.72. The van der Waals surface area contributed by atoms with Gasteiger partial charge in [0.05, 0.1) is 12.7 Å². The van der Waals surface area contributed by atoms with Crippen molar-refractivity contribution in [2.24, 2.45) is 0 Å². The molecule has 1 unspecified atom stereocenters. The number of hydrogen-bond donors (Lipinski definition) is 1. The molecule has 2 heterocycles. The van der Waals surface area contributed by atoms with Gasteiger partial charge in [0.15, 0.2) is 0 Å². The maximum Gasteiger partial charge on any atom is 0.208 e. The fraction of sp³-hybridized carbons (Fsp3) is 0.417. The van der Waals surface area contributed by atoms with Crippen molar-refractivity contribution in [2.45, 2.75) is 32.9 Å². The van der Waals surface area contributed by atoms with E-state index < -0.39 is 0 Å². The number of aromatic nitrogens is 1. The maximum absolute atomic E-state index is 5.43. The van der Waals surface area contributed by atoms with E-state index in [0.29, 0.717) is 12.6 Å². The summed E-state index contributed by atoms with van der Waals surface area (Å²) in [6, 6.07) is 4.64. The van der Waals surface area contributed by atoms with Crippen LogP contribution in [0.1, 0.15) is 35.9 Å². The van der Waals surface area contributed by atoms with Gasteiger partial charge in [0.25, 0.3) is 0 Å². The Hall–Kier alpha value is -1.13. The Bertz CT molecular complexity index is 422. The lowest BCUT2D eigenvalue weighted by Crippen LogP contribution is -2.19. The number of hydrogen-bond acceptors (Lipinski definition) is 4. The van der Waals surface area contributed by atoms with Crippen molar-refractivity contribution >= 4 is 11.3 Å². The van der Waals surface area contributed by atoms with Gasteiger partial charge in [-0.25, -0.2) is 4.98 Å². The summed E-state index contributed by atoms with van der Waals surface area (Å²) in [7, 11) is 0. The Balaban J connectivity index is 1.93. The van der Waals surface area contributed by atoms with E-state index in [0.717, 1.165) is 18.1 Å². The van der Waals surface area contributed by atoms with Gasteiger partial charge in [-0.05, 0) is 24.8 Å². The van der Waals surface area contributed by atoms with Gasteiger partial charge in [-0.15, -0.1) is 11.3 Å². The Morgan fingerprint density at radius 3 is 3.00 bits per heavy atom. The minimum atomic E-state index is 0.396. The molecule has 2 aromatic rings. The standard InChI is InChI=1S/C12H16N2OS/c1-3-10(11-5-4-6-16-11)13-8-12-14-7-9(2)15-12/h4-7,10,13H,3,8H2,1-2H3. The minimum absolute atomic E-state index is 0.396. The highest BCUT2D eigenvalue weighted by Gasteiger charge is 2.10. The first kappa shape index (κ1) is 11.4. The van der Waals surface area contributed by atoms with Crippen LogP contribution in [0.4, 0.5) is 0 Å². The number of aryl methyl sites for hydroxylation is 1. The molecule has 0 aromatic carbocycles. The summed E-state index contributed by atoms with van der Waals surface area (Å²) >= 11 is 1.78. The van der Waals surface area contributed by atoms with E-state index >= 15 is 0 Å². The largest absolute Gasteiger partial charge is 0.445 e. The zero-order valence-electron chi connectivity index (χ0n) is 9.56. The van der Waals surface area contributed by atoms with E-state index in [9.17, 15) is 0 Å². The average Bonchev–Trinajstić information content (AvgIpc) is 2.91. The summed E-state index contributed by atoms with van der Waals surface area (Å²) in [5, 5.41) is 5.56. The summed E-state index contributed by atoms with van der Waals surface area (Å²) in [5.41, 5.74) is 0. The van der Waals surface area contributed by atoms with E-state index in [2.05, 4.69) is 34.7 Å². The van der Waals surface area contributed by atoms with Gasteiger partial charge in [0.1, 0.15) is 5.76 Å². The van der Waals surface area contributed by atoms with Crippen LogP contribution < -0.4 is 5.32 Å².